The number of aryl methyl sites for hydroxylation is 1. The Balaban J connectivity index is 2.16. The van der Waals surface area contributed by atoms with Crippen molar-refractivity contribution in [2.45, 2.75) is 96.6 Å². The largest absolute Gasteiger partial charge is 0.497 e. The minimum absolute atomic E-state index is 0.188. The van der Waals surface area contributed by atoms with E-state index in [0.29, 0.717) is 65.4 Å². The molecule has 3 rings (SSSR count). The number of amides is 2. The first-order valence-electron chi connectivity index (χ1n) is 15.5. The van der Waals surface area contributed by atoms with Gasteiger partial charge in [-0.05, 0) is 64.9 Å². The van der Waals surface area contributed by atoms with Crippen molar-refractivity contribution >= 4 is 25.6 Å². The quantitative estimate of drug-likeness (QED) is 0.238. The van der Waals surface area contributed by atoms with Crippen LogP contribution in [0.5, 0.6) is 11.5 Å². The highest BCUT2D eigenvalue weighted by Crippen LogP contribution is 2.41. The zero-order valence-corrected chi connectivity index (χ0v) is 28.9. The van der Waals surface area contributed by atoms with Gasteiger partial charge in [0, 0.05) is 49.9 Å². The smallest absolute Gasteiger partial charge is 0.303 e. The second kappa shape index (κ2) is 15.1. The summed E-state index contributed by atoms with van der Waals surface area (Å²) in [6.45, 7) is 15.8. The first-order valence-corrected chi connectivity index (χ1v) is 17.7. The number of rotatable bonds is 11. The van der Waals surface area contributed by atoms with Gasteiger partial charge in [-0.2, -0.15) is 0 Å². The van der Waals surface area contributed by atoms with Crippen LogP contribution in [0, 0.1) is 18.4 Å². The molecule has 240 valence electrons. The van der Waals surface area contributed by atoms with Crippen LogP contribution in [0.2, 0.25) is 16.6 Å². The average molecular weight is 623 g/mol. The number of aliphatic hydroxyl groups is 1. The first kappa shape index (κ1) is 35.2. The Morgan fingerprint density at radius 1 is 1.00 bits per heavy atom. The third kappa shape index (κ3) is 7.31. The van der Waals surface area contributed by atoms with Crippen LogP contribution in [0.15, 0.2) is 36.4 Å². The molecule has 0 radical (unpaired) electrons. The zero-order valence-electron chi connectivity index (χ0n) is 27.9. The Morgan fingerprint density at radius 3 is 2.18 bits per heavy atom. The van der Waals surface area contributed by atoms with E-state index in [1.54, 1.807) is 31.3 Å². The number of nitrogens with zero attached hydrogens (tertiary/aromatic N) is 1. The van der Waals surface area contributed by atoms with E-state index in [4.69, 9.17) is 14.2 Å². The van der Waals surface area contributed by atoms with Crippen molar-refractivity contribution in [3.05, 3.63) is 53.1 Å². The number of carbonyl (C=O) groups is 2. The van der Waals surface area contributed by atoms with Gasteiger partial charge in [0.15, 0.2) is 0 Å². The Hall–Kier alpha value is -3.32. The molecular weight excluding hydrogens is 572 g/mol. The van der Waals surface area contributed by atoms with Gasteiger partial charge >= 0.3 is 5.91 Å². The van der Waals surface area contributed by atoms with Crippen molar-refractivity contribution in [3.8, 4) is 23.0 Å². The first-order chi connectivity index (χ1) is 20.9. The normalized spacial score (nSPS) is 14.7. The Labute approximate surface area is 264 Å². The molecule has 0 aliphatic carbocycles. The fraction of sp³-hybridized carbons (Fsp3) is 0.543. The molecule has 1 heterocycles. The fourth-order valence-electron chi connectivity index (χ4n) is 6.87. The molecule has 2 aromatic carbocycles. The summed E-state index contributed by atoms with van der Waals surface area (Å²) >= 11 is 0. The number of anilines is 1. The van der Waals surface area contributed by atoms with Crippen molar-refractivity contribution in [1.29, 1.82) is 0 Å². The van der Waals surface area contributed by atoms with Crippen molar-refractivity contribution in [3.63, 3.8) is 0 Å². The number of nitrogens with one attached hydrogen (secondary N) is 1. The molecule has 44 heavy (non-hydrogen) atoms. The predicted molar refractivity (Wildman–Crippen MR) is 178 cm³/mol. The summed E-state index contributed by atoms with van der Waals surface area (Å²) < 4.78 is 16.6. The number of benzene rings is 2. The van der Waals surface area contributed by atoms with Crippen molar-refractivity contribution in [1.82, 2.24) is 5.32 Å². The second-order valence-corrected chi connectivity index (χ2v) is 18.2. The Morgan fingerprint density at radius 2 is 1.64 bits per heavy atom. The van der Waals surface area contributed by atoms with Crippen LogP contribution in [0.25, 0.3) is 0 Å². The fourth-order valence-corrected chi connectivity index (χ4v) is 12.1. The van der Waals surface area contributed by atoms with Gasteiger partial charge in [0.2, 0.25) is 5.91 Å². The van der Waals surface area contributed by atoms with Gasteiger partial charge in [-0.25, -0.2) is 0 Å². The van der Waals surface area contributed by atoms with E-state index in [1.807, 2.05) is 31.2 Å². The molecule has 2 amide bonds. The lowest BCUT2D eigenvalue weighted by atomic mass is 9.85. The number of aliphatic hydroxyl groups excluding tert-OH is 1. The summed E-state index contributed by atoms with van der Waals surface area (Å²) in [7, 11) is 0.918. The summed E-state index contributed by atoms with van der Waals surface area (Å²) in [5.41, 5.74) is 6.19. The molecule has 0 aromatic heterocycles. The third-order valence-electron chi connectivity index (χ3n) is 9.12. The maximum Gasteiger partial charge on any atom is 0.303 e. The van der Waals surface area contributed by atoms with E-state index in [0.717, 1.165) is 11.1 Å². The van der Waals surface area contributed by atoms with Gasteiger partial charge in [-0.1, -0.05) is 47.6 Å². The molecule has 2 aromatic rings. The van der Waals surface area contributed by atoms with Crippen molar-refractivity contribution < 1.29 is 28.9 Å². The Kier molecular flexibility index (Phi) is 12.1. The number of hydrogen-bond acceptors (Lipinski definition) is 6. The topological polar surface area (TPSA) is 97.3 Å². The van der Waals surface area contributed by atoms with E-state index in [-0.39, 0.29) is 19.1 Å². The summed E-state index contributed by atoms with van der Waals surface area (Å²) in [4.78, 5) is 30.4. The maximum absolute atomic E-state index is 14.5. The predicted octanol–water partition coefficient (Wildman–Crippen LogP) is 5.92. The third-order valence-corrected chi connectivity index (χ3v) is 15.4. The molecule has 0 atom stereocenters. The van der Waals surface area contributed by atoms with Gasteiger partial charge in [0.25, 0.3) is 0 Å². The van der Waals surface area contributed by atoms with Crippen LogP contribution >= 0.6 is 0 Å². The molecule has 1 saturated heterocycles. The lowest BCUT2D eigenvalue weighted by Crippen LogP contribution is -2.63. The van der Waals surface area contributed by atoms with Gasteiger partial charge in [0.1, 0.15) is 25.1 Å². The second-order valence-electron chi connectivity index (χ2n) is 12.6. The molecule has 0 spiro atoms. The van der Waals surface area contributed by atoms with E-state index >= 15 is 0 Å². The van der Waals surface area contributed by atoms with Crippen LogP contribution in [-0.4, -0.2) is 58.0 Å². The summed E-state index contributed by atoms with van der Waals surface area (Å²) in [6, 6.07) is 11.0. The number of ether oxygens (including phenoxy) is 3. The van der Waals surface area contributed by atoms with E-state index in [9.17, 15) is 14.7 Å². The van der Waals surface area contributed by atoms with Gasteiger partial charge in [0.05, 0.1) is 20.8 Å². The van der Waals surface area contributed by atoms with E-state index in [2.05, 4.69) is 58.3 Å². The SMILES string of the molecule is COc1ccc(CNC(=O)C2(N(C(=O)C#C[Si](C(C)C)(C(C)C)C(C)C)c3cc(C)cc(CO)c3)CCOCC2)c(OC)c1. The molecule has 0 saturated carbocycles. The Bertz CT molecular complexity index is 1350. The summed E-state index contributed by atoms with van der Waals surface area (Å²) in [6.07, 6.45) is 0.602. The maximum atomic E-state index is 14.5. The lowest BCUT2D eigenvalue weighted by Gasteiger charge is -2.44. The average Bonchev–Trinajstić information content (AvgIpc) is 2.99. The molecule has 0 bridgehead atoms. The molecule has 0 unspecified atom stereocenters. The van der Waals surface area contributed by atoms with Gasteiger partial charge < -0.3 is 24.6 Å². The minimum Gasteiger partial charge on any atom is -0.497 e. The van der Waals surface area contributed by atoms with Crippen LogP contribution in [-0.2, 0) is 27.5 Å². The number of methoxy groups -OCH3 is 2. The molecule has 1 aliphatic rings. The highest BCUT2D eigenvalue weighted by atomic mass is 28.3. The van der Waals surface area contributed by atoms with E-state index in [1.165, 1.54) is 0 Å². The van der Waals surface area contributed by atoms with Gasteiger partial charge in [-0.15, -0.1) is 5.54 Å². The van der Waals surface area contributed by atoms with Crippen molar-refractivity contribution in [2.75, 3.05) is 32.3 Å². The molecular formula is C35H50N2O6Si. The zero-order chi connectivity index (χ0) is 32.7. The van der Waals surface area contributed by atoms with Crippen LogP contribution in [0.4, 0.5) is 5.69 Å². The highest BCUT2D eigenvalue weighted by molar-refractivity contribution is 6.90. The molecule has 1 aliphatic heterocycles. The molecule has 8 nitrogen and oxygen atoms in total. The van der Waals surface area contributed by atoms with Gasteiger partial charge in [-0.3, -0.25) is 14.5 Å². The van der Waals surface area contributed by atoms with Crippen LogP contribution in [0.3, 0.4) is 0 Å². The summed E-state index contributed by atoms with van der Waals surface area (Å²) in [5.74, 6) is 3.62. The van der Waals surface area contributed by atoms with Crippen molar-refractivity contribution in [2.24, 2.45) is 0 Å². The number of hydrogen-bond donors (Lipinski definition) is 2. The monoisotopic (exact) mass is 622 g/mol. The minimum atomic E-state index is -2.24. The van der Waals surface area contributed by atoms with E-state index < -0.39 is 19.5 Å². The molecule has 1 fully saturated rings. The molecule has 9 heteroatoms. The standard InChI is InChI=1S/C35H50N2O6Si/c1-24(2)44(25(3)4,26(5)6)17-12-33(39)37(30-19-27(7)18-28(20-30)23-38)35(13-15-43-16-14-35)34(40)36-22-29-10-11-31(41-8)21-32(29)42-9/h10-11,18-21,24-26,38H,13-16,22-23H2,1-9H3,(H,36,40). The number of carbonyl (C=O) groups excluding carboxylic acids is 2. The van der Waals surface area contributed by atoms with Crippen LogP contribution in [0.1, 0.15) is 71.1 Å². The highest BCUT2D eigenvalue weighted by Gasteiger charge is 2.49. The van der Waals surface area contributed by atoms with Crippen LogP contribution < -0.4 is 19.7 Å². The lowest BCUT2D eigenvalue weighted by molar-refractivity contribution is -0.133. The summed E-state index contributed by atoms with van der Waals surface area (Å²) in [5, 5.41) is 13.1. The molecule has 2 N–H and O–H groups in total.